The smallest absolute Gasteiger partial charge is 0.0541 e. The number of hydrogen-bond acceptors (Lipinski definition) is 1. The molecule has 1 aliphatic carbocycles. The summed E-state index contributed by atoms with van der Waals surface area (Å²) in [5.74, 6) is 0.477. The van der Waals surface area contributed by atoms with Gasteiger partial charge < -0.3 is 9.47 Å². The van der Waals surface area contributed by atoms with Gasteiger partial charge in [-0.05, 0) is 179 Å². The van der Waals surface area contributed by atoms with E-state index in [1.165, 1.54) is 105 Å². The number of para-hydroxylation sites is 1. The largest absolute Gasteiger partial charge is 0.310 e. The van der Waals surface area contributed by atoms with Crippen LogP contribution in [0.3, 0.4) is 0 Å². The quantitative estimate of drug-likeness (QED) is 0.125. The highest BCUT2D eigenvalue weighted by atomic mass is 15.1. The molecular weight excluding hydrogens is 977 g/mol. The van der Waals surface area contributed by atoms with Crippen LogP contribution in [-0.2, 0) is 5.41 Å². The van der Waals surface area contributed by atoms with Gasteiger partial charge in [-0.3, -0.25) is 0 Å². The second kappa shape index (κ2) is 20.3. The Balaban J connectivity index is 0.776. The molecule has 0 amide bonds. The molecule has 2 heteroatoms. The minimum Gasteiger partial charge on any atom is -0.310 e. The summed E-state index contributed by atoms with van der Waals surface area (Å²) in [7, 11) is 0. The van der Waals surface area contributed by atoms with Gasteiger partial charge in [0.1, 0.15) is 0 Å². The molecule has 0 spiro atoms. The Labute approximate surface area is 479 Å². The third-order valence-electron chi connectivity index (χ3n) is 17.2. The number of rotatable bonds is 11. The topological polar surface area (TPSA) is 8.17 Å². The van der Waals surface area contributed by atoms with Crippen molar-refractivity contribution in [3.8, 4) is 72.4 Å². The van der Waals surface area contributed by atoms with Gasteiger partial charge in [-0.15, -0.1) is 0 Å². The molecule has 1 unspecified atom stereocenters. The first kappa shape index (κ1) is 51.5. The molecule has 0 fully saturated rings. The Morgan fingerprint density at radius 3 is 1.22 bits per heavy atom. The van der Waals surface area contributed by atoms with Crippen LogP contribution in [0, 0.1) is 10.8 Å². The molecule has 0 bridgehead atoms. The number of hydrogen-bond donors (Lipinski definition) is 0. The molecule has 396 valence electrons. The third-order valence-corrected chi connectivity index (χ3v) is 17.2. The number of nitrogens with zero attached hydrogens (tertiary/aromatic N) is 2. The number of aromatic nitrogens is 1. The van der Waals surface area contributed by atoms with Crippen LogP contribution in [0.5, 0.6) is 0 Å². The predicted molar refractivity (Wildman–Crippen MR) is 346 cm³/mol. The van der Waals surface area contributed by atoms with Gasteiger partial charge >= 0.3 is 0 Å². The van der Waals surface area contributed by atoms with E-state index in [0.717, 1.165) is 29.2 Å². The van der Waals surface area contributed by atoms with Gasteiger partial charge in [-0.25, -0.2) is 0 Å². The van der Waals surface area contributed by atoms with Gasteiger partial charge in [-0.2, -0.15) is 0 Å². The fraction of sp³-hybridized carbons (Fsp3) is 0.165. The van der Waals surface area contributed by atoms with E-state index in [1.807, 2.05) is 0 Å². The summed E-state index contributed by atoms with van der Waals surface area (Å²) < 4.78 is 2.42. The standard InChI is InChI=1S/C79H70N2/c1-77(2,3)52-74(78(4,5)6)61-33-31-60(32-34-61)63-40-48-76-71(50-63)70-49-62(39-47-75(70)81(76)64-19-13-10-14-20-64)59-29-27-55(28-30-59)54-23-25-56(26-24-54)58-37-43-66(44-38-58)80(65-41-35-57(36-42-65)53-17-11-9-12-18-53)67-45-46-69-68-21-15-16-22-72(68)79(7,8)73(69)51-67/h9-51,74H,52H2,1-8H3. The minimum absolute atomic E-state index is 0.104. The average molecular weight is 1050 g/mol. The molecule has 0 N–H and O–H groups in total. The molecule has 12 aromatic rings. The van der Waals surface area contributed by atoms with Gasteiger partial charge in [0.25, 0.3) is 0 Å². The molecule has 0 saturated carbocycles. The molecule has 0 saturated heterocycles. The van der Waals surface area contributed by atoms with Crippen molar-refractivity contribution >= 4 is 38.9 Å². The fourth-order valence-corrected chi connectivity index (χ4v) is 12.9. The second-order valence-electron chi connectivity index (χ2n) is 25.3. The van der Waals surface area contributed by atoms with E-state index in [2.05, 4.69) is 326 Å². The average Bonchev–Trinajstić information content (AvgIpc) is 4.09. The fourth-order valence-electron chi connectivity index (χ4n) is 12.9. The number of benzene rings is 11. The van der Waals surface area contributed by atoms with E-state index in [0.29, 0.717) is 5.92 Å². The van der Waals surface area contributed by atoms with E-state index in [-0.39, 0.29) is 16.2 Å². The Morgan fingerprint density at radius 1 is 0.358 bits per heavy atom. The van der Waals surface area contributed by atoms with E-state index in [4.69, 9.17) is 0 Å². The van der Waals surface area contributed by atoms with Crippen LogP contribution in [0.15, 0.2) is 261 Å². The van der Waals surface area contributed by atoms with Gasteiger partial charge in [0.2, 0.25) is 0 Å². The van der Waals surface area contributed by atoms with Crippen LogP contribution in [0.2, 0.25) is 0 Å². The first-order valence-electron chi connectivity index (χ1n) is 28.9. The van der Waals surface area contributed by atoms with E-state index in [9.17, 15) is 0 Å². The van der Waals surface area contributed by atoms with Crippen molar-refractivity contribution < 1.29 is 0 Å². The first-order chi connectivity index (χ1) is 39.1. The summed E-state index contributed by atoms with van der Waals surface area (Å²) in [5, 5.41) is 2.50. The molecule has 0 aliphatic heterocycles. The highest BCUT2D eigenvalue weighted by Crippen LogP contribution is 2.51. The molecule has 11 aromatic carbocycles. The molecule has 13 rings (SSSR count). The Bertz CT molecular complexity index is 4230. The van der Waals surface area contributed by atoms with Gasteiger partial charge in [0.05, 0.1) is 11.0 Å². The van der Waals surface area contributed by atoms with E-state index >= 15 is 0 Å². The summed E-state index contributed by atoms with van der Waals surface area (Å²) in [6.45, 7) is 18.9. The van der Waals surface area contributed by atoms with E-state index < -0.39 is 0 Å². The van der Waals surface area contributed by atoms with Crippen molar-refractivity contribution in [2.24, 2.45) is 10.8 Å². The second-order valence-corrected chi connectivity index (χ2v) is 25.3. The summed E-state index contributed by atoms with van der Waals surface area (Å²) in [6.07, 6.45) is 1.15. The van der Waals surface area contributed by atoms with Crippen LogP contribution >= 0.6 is 0 Å². The zero-order chi connectivity index (χ0) is 55.6. The number of fused-ring (bicyclic) bond motifs is 6. The SMILES string of the molecule is CC(C)(C)CC(c1ccc(-c2ccc3c(c2)c2cc(-c4ccc(-c5ccc(-c6ccc(N(c7ccc(-c8ccccc8)cc7)c7ccc8c(c7)C(C)(C)c7ccccc7-8)cc6)cc5)cc4)ccc2n3-c2ccccc2)cc1)C(C)(C)C. The summed E-state index contributed by atoms with van der Waals surface area (Å²) in [5.41, 5.74) is 26.1. The van der Waals surface area contributed by atoms with Crippen LogP contribution in [-0.4, -0.2) is 4.57 Å². The van der Waals surface area contributed by atoms with Crippen molar-refractivity contribution in [2.75, 3.05) is 4.90 Å². The lowest BCUT2D eigenvalue weighted by Gasteiger charge is -2.36. The monoisotopic (exact) mass is 1050 g/mol. The lowest BCUT2D eigenvalue weighted by atomic mass is 9.69. The molecule has 1 aromatic heterocycles. The highest BCUT2D eigenvalue weighted by Gasteiger charge is 2.36. The molecule has 1 aliphatic rings. The van der Waals surface area contributed by atoms with Crippen LogP contribution in [0.1, 0.15) is 84.4 Å². The van der Waals surface area contributed by atoms with Crippen molar-refractivity contribution in [1.29, 1.82) is 0 Å². The maximum atomic E-state index is 2.42. The Kier molecular flexibility index (Phi) is 12.9. The third kappa shape index (κ3) is 9.78. The van der Waals surface area contributed by atoms with Gasteiger partial charge in [0.15, 0.2) is 0 Å². The molecule has 2 nitrogen and oxygen atoms in total. The van der Waals surface area contributed by atoms with Crippen molar-refractivity contribution in [3.05, 3.63) is 278 Å². The summed E-state index contributed by atoms with van der Waals surface area (Å²) in [6, 6.07) is 96.9. The molecule has 1 heterocycles. The summed E-state index contributed by atoms with van der Waals surface area (Å²) in [4.78, 5) is 2.40. The van der Waals surface area contributed by atoms with Gasteiger partial charge in [-0.1, -0.05) is 243 Å². The van der Waals surface area contributed by atoms with Crippen LogP contribution < -0.4 is 4.90 Å². The van der Waals surface area contributed by atoms with Crippen LogP contribution in [0.4, 0.5) is 17.1 Å². The number of anilines is 3. The van der Waals surface area contributed by atoms with Crippen LogP contribution in [0.25, 0.3) is 94.3 Å². The molecule has 0 radical (unpaired) electrons. The highest BCUT2D eigenvalue weighted by molar-refractivity contribution is 6.11. The zero-order valence-electron chi connectivity index (χ0n) is 48.0. The van der Waals surface area contributed by atoms with Gasteiger partial charge in [0, 0.05) is 38.9 Å². The Morgan fingerprint density at radius 2 is 0.741 bits per heavy atom. The lowest BCUT2D eigenvalue weighted by molar-refractivity contribution is 0.229. The normalized spacial score (nSPS) is 13.3. The summed E-state index contributed by atoms with van der Waals surface area (Å²) >= 11 is 0. The molecule has 81 heavy (non-hydrogen) atoms. The molecule has 1 atom stereocenters. The zero-order valence-corrected chi connectivity index (χ0v) is 48.0. The minimum atomic E-state index is -0.104. The Hall–Kier alpha value is -8.98. The van der Waals surface area contributed by atoms with E-state index in [1.54, 1.807) is 0 Å². The predicted octanol–water partition coefficient (Wildman–Crippen LogP) is 22.5. The first-order valence-corrected chi connectivity index (χ1v) is 28.9. The molecular formula is C79H70N2. The van der Waals surface area contributed by atoms with Crippen molar-refractivity contribution in [2.45, 2.75) is 73.1 Å². The maximum absolute atomic E-state index is 2.42. The van der Waals surface area contributed by atoms with Crippen molar-refractivity contribution in [3.63, 3.8) is 0 Å². The van der Waals surface area contributed by atoms with Crippen molar-refractivity contribution in [1.82, 2.24) is 4.57 Å². The lowest BCUT2D eigenvalue weighted by Crippen LogP contribution is -2.23. The maximum Gasteiger partial charge on any atom is 0.0541 e.